The number of hydrogen-bond donors (Lipinski definition) is 1. The van der Waals surface area contributed by atoms with E-state index in [1.54, 1.807) is 0 Å². The summed E-state index contributed by atoms with van der Waals surface area (Å²) in [5, 5.41) is 3.74. The Morgan fingerprint density at radius 2 is 2.05 bits per heavy atom. The van der Waals surface area contributed by atoms with E-state index < -0.39 is 0 Å². The molecule has 114 valence electrons. The van der Waals surface area contributed by atoms with Crippen molar-refractivity contribution in [1.82, 2.24) is 10.2 Å². The summed E-state index contributed by atoms with van der Waals surface area (Å²) in [6.45, 7) is 11.9. The Morgan fingerprint density at radius 3 is 2.68 bits per heavy atom. The summed E-state index contributed by atoms with van der Waals surface area (Å²) in [7, 11) is 2.26. The second kappa shape index (κ2) is 8.93. The molecule has 1 rings (SSSR count). The Hall–Kier alpha value is -0.120. The molecule has 1 N–H and O–H groups in total. The van der Waals surface area contributed by atoms with Crippen LogP contribution in [0.1, 0.15) is 53.4 Å². The maximum atomic E-state index is 5.68. The fourth-order valence-electron chi connectivity index (χ4n) is 3.00. The number of rotatable bonds is 8. The van der Waals surface area contributed by atoms with E-state index in [0.717, 1.165) is 25.6 Å². The van der Waals surface area contributed by atoms with Crippen molar-refractivity contribution in [3.63, 3.8) is 0 Å². The van der Waals surface area contributed by atoms with Crippen LogP contribution in [0.3, 0.4) is 0 Å². The van der Waals surface area contributed by atoms with Crippen molar-refractivity contribution in [2.75, 3.05) is 26.7 Å². The van der Waals surface area contributed by atoms with Gasteiger partial charge >= 0.3 is 0 Å². The molecule has 0 bridgehead atoms. The minimum absolute atomic E-state index is 0.340. The van der Waals surface area contributed by atoms with E-state index >= 15 is 0 Å². The third-order valence-corrected chi connectivity index (χ3v) is 4.20. The molecule has 0 saturated heterocycles. The molecular formula is C16H34N2O. The molecule has 1 aliphatic rings. The average Bonchev–Trinajstić information content (AvgIpc) is 2.36. The largest absolute Gasteiger partial charge is 0.377 e. The van der Waals surface area contributed by atoms with Crippen molar-refractivity contribution < 1.29 is 4.74 Å². The molecule has 0 aromatic heterocycles. The molecule has 0 aliphatic heterocycles. The zero-order chi connectivity index (χ0) is 14.3. The van der Waals surface area contributed by atoms with Crippen LogP contribution >= 0.6 is 0 Å². The van der Waals surface area contributed by atoms with E-state index in [1.807, 2.05) is 0 Å². The van der Waals surface area contributed by atoms with Crippen LogP contribution in [0.2, 0.25) is 0 Å². The second-order valence-electron chi connectivity index (χ2n) is 6.45. The predicted octanol–water partition coefficient (Wildman–Crippen LogP) is 2.90. The van der Waals surface area contributed by atoms with Crippen molar-refractivity contribution in [1.29, 1.82) is 0 Å². The van der Waals surface area contributed by atoms with Crippen LogP contribution in [0, 0.1) is 5.92 Å². The molecule has 1 fully saturated rings. The summed E-state index contributed by atoms with van der Waals surface area (Å²) in [6.07, 6.45) is 5.57. The Balaban J connectivity index is 2.43. The Morgan fingerprint density at radius 1 is 1.32 bits per heavy atom. The molecule has 0 radical (unpaired) electrons. The van der Waals surface area contributed by atoms with E-state index in [-0.39, 0.29) is 0 Å². The lowest BCUT2D eigenvalue weighted by Gasteiger charge is -2.41. The molecule has 3 nitrogen and oxygen atoms in total. The second-order valence-corrected chi connectivity index (χ2v) is 6.45. The molecule has 0 amide bonds. The first-order valence-corrected chi connectivity index (χ1v) is 8.09. The fourth-order valence-corrected chi connectivity index (χ4v) is 3.00. The monoisotopic (exact) mass is 270 g/mol. The summed E-state index contributed by atoms with van der Waals surface area (Å²) < 4.78 is 5.68. The van der Waals surface area contributed by atoms with Gasteiger partial charge in [-0.05, 0) is 59.0 Å². The van der Waals surface area contributed by atoms with E-state index in [2.05, 4.69) is 45.0 Å². The van der Waals surface area contributed by atoms with E-state index in [0.29, 0.717) is 18.2 Å². The molecular weight excluding hydrogens is 236 g/mol. The first-order chi connectivity index (χ1) is 9.04. The van der Waals surface area contributed by atoms with Gasteiger partial charge in [0.15, 0.2) is 0 Å². The number of likely N-dealkylation sites (N-methyl/N-ethyl adjacent to an activating group) is 1. The van der Waals surface area contributed by atoms with Crippen LogP contribution in [-0.2, 0) is 4.74 Å². The maximum absolute atomic E-state index is 5.68. The molecule has 19 heavy (non-hydrogen) atoms. The van der Waals surface area contributed by atoms with Crippen molar-refractivity contribution in [2.45, 2.75) is 71.6 Å². The van der Waals surface area contributed by atoms with Gasteiger partial charge in [0.05, 0.1) is 12.7 Å². The normalized spacial score (nSPS) is 28.3. The maximum Gasteiger partial charge on any atom is 0.0596 e. The highest BCUT2D eigenvalue weighted by Gasteiger charge is 2.30. The van der Waals surface area contributed by atoms with Crippen molar-refractivity contribution in [3.8, 4) is 0 Å². The number of hydrogen-bond acceptors (Lipinski definition) is 3. The molecule has 1 aliphatic carbocycles. The Kier molecular flexibility index (Phi) is 7.96. The topological polar surface area (TPSA) is 24.5 Å². The van der Waals surface area contributed by atoms with Gasteiger partial charge in [0, 0.05) is 18.6 Å². The fraction of sp³-hybridized carbons (Fsp3) is 1.00. The van der Waals surface area contributed by atoms with Gasteiger partial charge in [-0.2, -0.15) is 0 Å². The van der Waals surface area contributed by atoms with Crippen LogP contribution in [0.15, 0.2) is 0 Å². The number of ether oxygens (including phenoxy) is 1. The summed E-state index contributed by atoms with van der Waals surface area (Å²) in [5.41, 5.74) is 0. The molecule has 3 heteroatoms. The molecule has 3 atom stereocenters. The van der Waals surface area contributed by atoms with Crippen molar-refractivity contribution in [3.05, 3.63) is 0 Å². The molecule has 0 aromatic carbocycles. The summed E-state index contributed by atoms with van der Waals surface area (Å²) in [5.74, 6) is 0.859. The lowest BCUT2D eigenvalue weighted by molar-refractivity contribution is 0.0416. The van der Waals surface area contributed by atoms with Crippen LogP contribution in [0.5, 0.6) is 0 Å². The molecule has 0 heterocycles. The van der Waals surface area contributed by atoms with Gasteiger partial charge in [-0.15, -0.1) is 0 Å². The van der Waals surface area contributed by atoms with Gasteiger partial charge in [0.25, 0.3) is 0 Å². The molecule has 0 aromatic rings. The highest BCUT2D eigenvalue weighted by molar-refractivity contribution is 4.89. The highest BCUT2D eigenvalue weighted by atomic mass is 16.5. The van der Waals surface area contributed by atoms with E-state index in [1.165, 1.54) is 25.7 Å². The van der Waals surface area contributed by atoms with Gasteiger partial charge in [-0.3, -0.25) is 4.90 Å². The van der Waals surface area contributed by atoms with Crippen molar-refractivity contribution >= 4 is 0 Å². The zero-order valence-corrected chi connectivity index (χ0v) is 13.6. The number of nitrogens with zero attached hydrogens (tertiary/aromatic N) is 1. The summed E-state index contributed by atoms with van der Waals surface area (Å²) in [4.78, 5) is 2.51. The minimum atomic E-state index is 0.340. The highest BCUT2D eigenvalue weighted by Crippen LogP contribution is 2.27. The van der Waals surface area contributed by atoms with E-state index in [9.17, 15) is 0 Å². The Labute approximate surface area is 120 Å². The van der Waals surface area contributed by atoms with Crippen LogP contribution < -0.4 is 5.32 Å². The smallest absolute Gasteiger partial charge is 0.0596 e. The number of nitrogens with one attached hydrogen (secondary N) is 1. The standard InChI is InChI=1S/C16H34N2O/c1-6-9-17-15-8-7-14(4)12-16(15)18(5)10-11-19-13(2)3/h13-17H,6-12H2,1-5H3. The van der Waals surface area contributed by atoms with Crippen LogP contribution in [0.4, 0.5) is 0 Å². The molecule has 0 spiro atoms. The van der Waals surface area contributed by atoms with Crippen molar-refractivity contribution in [2.24, 2.45) is 5.92 Å². The van der Waals surface area contributed by atoms with Crippen LogP contribution in [-0.4, -0.2) is 49.8 Å². The quantitative estimate of drug-likeness (QED) is 0.734. The van der Waals surface area contributed by atoms with E-state index in [4.69, 9.17) is 4.74 Å². The van der Waals surface area contributed by atoms with Gasteiger partial charge in [-0.1, -0.05) is 13.8 Å². The first kappa shape index (κ1) is 16.9. The SMILES string of the molecule is CCCNC1CCC(C)CC1N(C)CCOC(C)C. The first-order valence-electron chi connectivity index (χ1n) is 8.09. The lowest BCUT2D eigenvalue weighted by atomic mass is 9.82. The third-order valence-electron chi connectivity index (χ3n) is 4.20. The van der Waals surface area contributed by atoms with Gasteiger partial charge < -0.3 is 10.1 Å². The molecule has 3 unspecified atom stereocenters. The summed E-state index contributed by atoms with van der Waals surface area (Å²) in [6, 6.07) is 1.34. The third kappa shape index (κ3) is 6.24. The van der Waals surface area contributed by atoms with Crippen LogP contribution in [0.25, 0.3) is 0 Å². The molecule has 1 saturated carbocycles. The van der Waals surface area contributed by atoms with Gasteiger partial charge in [0.1, 0.15) is 0 Å². The van der Waals surface area contributed by atoms with Gasteiger partial charge in [-0.25, -0.2) is 0 Å². The Bertz CT molecular complexity index is 231. The average molecular weight is 270 g/mol. The van der Waals surface area contributed by atoms with Gasteiger partial charge in [0.2, 0.25) is 0 Å². The predicted molar refractivity (Wildman–Crippen MR) is 82.6 cm³/mol. The summed E-state index contributed by atoms with van der Waals surface area (Å²) >= 11 is 0. The zero-order valence-electron chi connectivity index (χ0n) is 13.6. The minimum Gasteiger partial charge on any atom is -0.377 e. The lowest BCUT2D eigenvalue weighted by Crippen LogP contribution is -2.52.